The maximum absolute atomic E-state index is 12.5. The Labute approximate surface area is 181 Å². The number of hydrogen-bond acceptors (Lipinski definition) is 6. The first-order chi connectivity index (χ1) is 14.7. The monoisotopic (exact) mass is 421 g/mol. The zero-order valence-electron chi connectivity index (χ0n) is 17.3. The minimum absolute atomic E-state index is 0.210. The summed E-state index contributed by atoms with van der Waals surface area (Å²) in [4.78, 5) is 25.8. The van der Waals surface area contributed by atoms with Crippen molar-refractivity contribution in [2.75, 3.05) is 37.6 Å². The van der Waals surface area contributed by atoms with E-state index in [1.54, 1.807) is 11.3 Å². The van der Waals surface area contributed by atoms with E-state index in [1.807, 2.05) is 29.3 Å². The largest absolute Gasteiger partial charge is 0.353 e. The quantitative estimate of drug-likeness (QED) is 0.593. The van der Waals surface area contributed by atoms with E-state index in [-0.39, 0.29) is 5.91 Å². The summed E-state index contributed by atoms with van der Waals surface area (Å²) in [5.74, 6) is 1.20. The average molecular weight is 422 g/mol. The van der Waals surface area contributed by atoms with Crippen LogP contribution in [0.4, 0.5) is 5.82 Å². The Bertz CT molecular complexity index is 949. The molecular formula is C23H27N5OS. The normalized spacial score (nSPS) is 14.2. The van der Waals surface area contributed by atoms with Gasteiger partial charge in [-0.3, -0.25) is 4.79 Å². The molecule has 7 heteroatoms. The zero-order valence-corrected chi connectivity index (χ0v) is 18.1. The predicted molar refractivity (Wildman–Crippen MR) is 122 cm³/mol. The molecule has 6 nitrogen and oxygen atoms in total. The van der Waals surface area contributed by atoms with Gasteiger partial charge in [0.05, 0.1) is 5.69 Å². The molecule has 3 heterocycles. The van der Waals surface area contributed by atoms with Crippen molar-refractivity contribution in [2.24, 2.45) is 0 Å². The number of carbonyl (C=O) groups excluding carboxylic acids is 1. The molecule has 4 rings (SSSR count). The van der Waals surface area contributed by atoms with Gasteiger partial charge >= 0.3 is 0 Å². The van der Waals surface area contributed by atoms with Gasteiger partial charge in [-0.1, -0.05) is 35.9 Å². The minimum atomic E-state index is 0.210. The first-order valence-electron chi connectivity index (χ1n) is 10.3. The van der Waals surface area contributed by atoms with E-state index in [0.717, 1.165) is 48.3 Å². The summed E-state index contributed by atoms with van der Waals surface area (Å²) in [6.45, 7) is 6.60. The second kappa shape index (κ2) is 9.82. The van der Waals surface area contributed by atoms with Crippen LogP contribution in [-0.2, 0) is 11.3 Å². The molecule has 30 heavy (non-hydrogen) atoms. The summed E-state index contributed by atoms with van der Waals surface area (Å²) in [6, 6.07) is 14.4. The number of carbonyl (C=O) groups is 1. The van der Waals surface area contributed by atoms with E-state index in [0.29, 0.717) is 19.5 Å². The Morgan fingerprint density at radius 3 is 2.63 bits per heavy atom. The van der Waals surface area contributed by atoms with Gasteiger partial charge in [0.1, 0.15) is 10.8 Å². The molecule has 0 unspecified atom stereocenters. The molecule has 1 amide bonds. The number of anilines is 1. The number of pyridine rings is 1. The molecule has 1 N–H and O–H groups in total. The van der Waals surface area contributed by atoms with Crippen LogP contribution in [0, 0.1) is 6.92 Å². The van der Waals surface area contributed by atoms with Crippen molar-refractivity contribution >= 4 is 23.1 Å². The summed E-state index contributed by atoms with van der Waals surface area (Å²) in [6.07, 6.45) is 2.32. The SMILES string of the molecule is Cc1ccc(-c2nc(CNCCC(=O)N3CCN(c4ccccn4)CC3)cs2)cc1. The van der Waals surface area contributed by atoms with Crippen LogP contribution in [0.5, 0.6) is 0 Å². The Kier molecular flexibility index (Phi) is 6.71. The number of hydrogen-bond donors (Lipinski definition) is 1. The molecule has 0 atom stereocenters. The highest BCUT2D eigenvalue weighted by molar-refractivity contribution is 7.13. The minimum Gasteiger partial charge on any atom is -0.353 e. The first kappa shape index (κ1) is 20.5. The molecule has 0 radical (unpaired) electrons. The molecule has 2 aromatic heterocycles. The van der Waals surface area contributed by atoms with E-state index < -0.39 is 0 Å². The van der Waals surface area contributed by atoms with E-state index in [2.05, 4.69) is 51.8 Å². The molecule has 1 saturated heterocycles. The van der Waals surface area contributed by atoms with Gasteiger partial charge in [0, 0.05) is 62.8 Å². The number of amides is 1. The summed E-state index contributed by atoms with van der Waals surface area (Å²) in [5, 5.41) is 6.48. The molecule has 156 valence electrons. The van der Waals surface area contributed by atoms with Crippen molar-refractivity contribution in [3.63, 3.8) is 0 Å². The molecule has 1 aromatic carbocycles. The van der Waals surface area contributed by atoms with Crippen molar-refractivity contribution < 1.29 is 4.79 Å². The van der Waals surface area contributed by atoms with Crippen molar-refractivity contribution in [3.8, 4) is 10.6 Å². The summed E-state index contributed by atoms with van der Waals surface area (Å²) < 4.78 is 0. The predicted octanol–water partition coefficient (Wildman–Crippen LogP) is 3.34. The highest BCUT2D eigenvalue weighted by Crippen LogP contribution is 2.23. The van der Waals surface area contributed by atoms with Crippen LogP contribution < -0.4 is 10.2 Å². The fraction of sp³-hybridized carbons (Fsp3) is 0.348. The van der Waals surface area contributed by atoms with Gasteiger partial charge in [-0.2, -0.15) is 0 Å². The molecule has 0 bridgehead atoms. The number of thiazole rings is 1. The van der Waals surface area contributed by atoms with Crippen molar-refractivity contribution in [1.29, 1.82) is 0 Å². The second-order valence-electron chi connectivity index (χ2n) is 7.49. The van der Waals surface area contributed by atoms with Crippen LogP contribution in [0.3, 0.4) is 0 Å². The Morgan fingerprint density at radius 2 is 1.90 bits per heavy atom. The van der Waals surface area contributed by atoms with Crippen molar-refractivity contribution in [2.45, 2.75) is 19.9 Å². The number of aromatic nitrogens is 2. The number of benzene rings is 1. The lowest BCUT2D eigenvalue weighted by Gasteiger charge is -2.35. The average Bonchev–Trinajstić information content (AvgIpc) is 3.27. The number of piperazine rings is 1. The Morgan fingerprint density at radius 1 is 1.10 bits per heavy atom. The molecule has 0 aliphatic carbocycles. The van der Waals surface area contributed by atoms with Gasteiger partial charge in [-0.05, 0) is 19.1 Å². The lowest BCUT2D eigenvalue weighted by Crippen LogP contribution is -2.49. The highest BCUT2D eigenvalue weighted by atomic mass is 32.1. The van der Waals surface area contributed by atoms with E-state index in [1.165, 1.54) is 5.56 Å². The van der Waals surface area contributed by atoms with Crippen LogP contribution in [-0.4, -0.2) is 53.5 Å². The maximum atomic E-state index is 12.5. The van der Waals surface area contributed by atoms with Crippen LogP contribution in [0.1, 0.15) is 17.7 Å². The topological polar surface area (TPSA) is 61.4 Å². The molecule has 0 spiro atoms. The Hall–Kier alpha value is -2.77. The number of nitrogens with one attached hydrogen (secondary N) is 1. The Balaban J connectivity index is 1.17. The third kappa shape index (κ3) is 5.23. The maximum Gasteiger partial charge on any atom is 0.223 e. The van der Waals surface area contributed by atoms with Gasteiger partial charge in [-0.25, -0.2) is 9.97 Å². The summed E-state index contributed by atoms with van der Waals surface area (Å²) >= 11 is 1.66. The van der Waals surface area contributed by atoms with Gasteiger partial charge in [-0.15, -0.1) is 11.3 Å². The van der Waals surface area contributed by atoms with Crippen LogP contribution >= 0.6 is 11.3 Å². The smallest absolute Gasteiger partial charge is 0.223 e. The molecule has 1 fully saturated rings. The molecule has 1 aliphatic rings. The van der Waals surface area contributed by atoms with Gasteiger partial charge in [0.25, 0.3) is 0 Å². The third-order valence-corrected chi connectivity index (χ3v) is 6.22. The van der Waals surface area contributed by atoms with E-state index in [9.17, 15) is 4.79 Å². The fourth-order valence-corrected chi connectivity index (χ4v) is 4.34. The molecule has 1 aliphatic heterocycles. The number of rotatable bonds is 7. The van der Waals surface area contributed by atoms with Gasteiger partial charge in [0.15, 0.2) is 0 Å². The second-order valence-corrected chi connectivity index (χ2v) is 8.35. The van der Waals surface area contributed by atoms with Gasteiger partial charge < -0.3 is 15.1 Å². The summed E-state index contributed by atoms with van der Waals surface area (Å²) in [7, 11) is 0. The standard InChI is InChI=1S/C23H27N5OS/c1-18-5-7-19(8-6-18)23-26-20(17-30-23)16-24-11-9-22(29)28-14-12-27(13-15-28)21-4-2-3-10-25-21/h2-8,10,17,24H,9,11-16H2,1H3. The molecule has 0 saturated carbocycles. The molecular weight excluding hydrogens is 394 g/mol. The fourth-order valence-electron chi connectivity index (χ4n) is 3.51. The van der Waals surface area contributed by atoms with Crippen LogP contribution in [0.15, 0.2) is 54.0 Å². The van der Waals surface area contributed by atoms with Crippen LogP contribution in [0.2, 0.25) is 0 Å². The lowest BCUT2D eigenvalue weighted by atomic mass is 10.2. The summed E-state index contributed by atoms with van der Waals surface area (Å²) in [5.41, 5.74) is 3.42. The van der Waals surface area contributed by atoms with Crippen LogP contribution in [0.25, 0.3) is 10.6 Å². The number of nitrogens with zero attached hydrogens (tertiary/aromatic N) is 4. The zero-order chi connectivity index (χ0) is 20.8. The number of aryl methyl sites for hydroxylation is 1. The lowest BCUT2D eigenvalue weighted by molar-refractivity contribution is -0.131. The van der Waals surface area contributed by atoms with Gasteiger partial charge in [0.2, 0.25) is 5.91 Å². The van der Waals surface area contributed by atoms with E-state index >= 15 is 0 Å². The first-order valence-corrected chi connectivity index (χ1v) is 11.2. The third-order valence-electron chi connectivity index (χ3n) is 5.28. The van der Waals surface area contributed by atoms with Crippen molar-refractivity contribution in [3.05, 3.63) is 65.3 Å². The molecule has 3 aromatic rings. The van der Waals surface area contributed by atoms with Crippen molar-refractivity contribution in [1.82, 2.24) is 20.2 Å². The van der Waals surface area contributed by atoms with E-state index in [4.69, 9.17) is 4.98 Å². The highest BCUT2D eigenvalue weighted by Gasteiger charge is 2.21.